The van der Waals surface area contributed by atoms with Crippen LogP contribution >= 0.6 is 0 Å². The number of aryl methyl sites for hydroxylation is 1. The summed E-state index contributed by atoms with van der Waals surface area (Å²) in [5, 5.41) is 11.1. The van der Waals surface area contributed by atoms with Crippen molar-refractivity contribution in [3.05, 3.63) is 82.2 Å². The summed E-state index contributed by atoms with van der Waals surface area (Å²) in [5.74, 6) is 0.537. The van der Waals surface area contributed by atoms with Crippen LogP contribution in [0.15, 0.2) is 59.9 Å². The zero-order valence-electron chi connectivity index (χ0n) is 16.9. The van der Waals surface area contributed by atoms with E-state index in [0.717, 1.165) is 37.3 Å². The van der Waals surface area contributed by atoms with Crippen LogP contribution in [0.4, 0.5) is 5.82 Å². The van der Waals surface area contributed by atoms with Crippen molar-refractivity contribution < 1.29 is 4.79 Å². The second kappa shape index (κ2) is 8.86. The first kappa shape index (κ1) is 19.8. The summed E-state index contributed by atoms with van der Waals surface area (Å²) in [7, 11) is 0. The highest BCUT2D eigenvalue weighted by molar-refractivity contribution is 5.95. The summed E-state index contributed by atoms with van der Waals surface area (Å²) in [6.07, 6.45) is 8.36. The Kier molecular flexibility index (Phi) is 5.83. The Bertz CT molecular complexity index is 1060. The molecule has 0 bridgehead atoms. The van der Waals surface area contributed by atoms with Gasteiger partial charge in [0.05, 0.1) is 6.54 Å². The first-order valence-electron chi connectivity index (χ1n) is 10.0. The SMILES string of the molecule is Cc1ccn(Cc2cccnc2)c(=O)c1C(=O)NC1CCN(c2cccnn2)CC1. The molecule has 0 saturated carbocycles. The summed E-state index contributed by atoms with van der Waals surface area (Å²) in [6, 6.07) is 9.37. The molecule has 0 atom stereocenters. The van der Waals surface area contributed by atoms with E-state index >= 15 is 0 Å². The normalized spacial score (nSPS) is 14.5. The summed E-state index contributed by atoms with van der Waals surface area (Å²) in [5.41, 5.74) is 1.51. The number of nitrogens with one attached hydrogen (secondary N) is 1. The van der Waals surface area contributed by atoms with Crippen LogP contribution in [0.2, 0.25) is 0 Å². The molecule has 4 rings (SSSR count). The first-order chi connectivity index (χ1) is 14.6. The maximum atomic E-state index is 13.0. The van der Waals surface area contributed by atoms with Crippen molar-refractivity contribution in [2.45, 2.75) is 32.4 Å². The second-order valence-electron chi connectivity index (χ2n) is 7.48. The maximum Gasteiger partial charge on any atom is 0.263 e. The van der Waals surface area contributed by atoms with Gasteiger partial charge in [0.2, 0.25) is 0 Å². The van der Waals surface area contributed by atoms with Crippen molar-refractivity contribution in [1.29, 1.82) is 0 Å². The minimum absolute atomic E-state index is 0.0243. The lowest BCUT2D eigenvalue weighted by molar-refractivity contribution is 0.0928. The molecule has 0 unspecified atom stereocenters. The highest BCUT2D eigenvalue weighted by Gasteiger charge is 2.24. The molecule has 8 nitrogen and oxygen atoms in total. The molecule has 1 aliphatic rings. The van der Waals surface area contributed by atoms with E-state index in [9.17, 15) is 9.59 Å². The Labute approximate surface area is 174 Å². The van der Waals surface area contributed by atoms with Crippen molar-refractivity contribution in [1.82, 2.24) is 25.1 Å². The van der Waals surface area contributed by atoms with E-state index in [2.05, 4.69) is 25.4 Å². The third-order valence-corrected chi connectivity index (χ3v) is 5.39. The van der Waals surface area contributed by atoms with Gasteiger partial charge in [0, 0.05) is 43.9 Å². The molecule has 8 heteroatoms. The molecule has 3 aromatic heterocycles. The van der Waals surface area contributed by atoms with Crippen LogP contribution < -0.4 is 15.8 Å². The van der Waals surface area contributed by atoms with Crippen LogP contribution in [0.1, 0.15) is 34.3 Å². The van der Waals surface area contributed by atoms with Crippen molar-refractivity contribution >= 4 is 11.7 Å². The largest absolute Gasteiger partial charge is 0.355 e. The van der Waals surface area contributed by atoms with Gasteiger partial charge in [-0.25, -0.2) is 0 Å². The molecule has 1 amide bonds. The number of carbonyl (C=O) groups is 1. The molecule has 0 spiro atoms. The summed E-state index contributed by atoms with van der Waals surface area (Å²) < 4.78 is 1.55. The van der Waals surface area contributed by atoms with Crippen LogP contribution in [0.3, 0.4) is 0 Å². The minimum atomic E-state index is -0.309. The van der Waals surface area contributed by atoms with Gasteiger partial charge >= 0.3 is 0 Å². The number of aromatic nitrogens is 4. The van der Waals surface area contributed by atoms with Crippen molar-refractivity contribution in [3.8, 4) is 0 Å². The van der Waals surface area contributed by atoms with Gasteiger partial charge in [-0.05, 0) is 55.2 Å². The molecular weight excluding hydrogens is 380 g/mol. The van der Waals surface area contributed by atoms with Crippen molar-refractivity contribution in [3.63, 3.8) is 0 Å². The van der Waals surface area contributed by atoms with Gasteiger partial charge in [-0.1, -0.05) is 6.07 Å². The molecule has 1 fully saturated rings. The van der Waals surface area contributed by atoms with E-state index in [1.165, 1.54) is 0 Å². The van der Waals surface area contributed by atoms with Crippen molar-refractivity contribution in [2.75, 3.05) is 18.0 Å². The molecule has 0 radical (unpaired) electrons. The quantitative estimate of drug-likeness (QED) is 0.697. The lowest BCUT2D eigenvalue weighted by atomic mass is 10.0. The maximum absolute atomic E-state index is 13.0. The van der Waals surface area contributed by atoms with E-state index in [1.54, 1.807) is 36.3 Å². The van der Waals surface area contributed by atoms with Gasteiger partial charge in [0.1, 0.15) is 5.56 Å². The number of piperidine rings is 1. The molecule has 4 heterocycles. The van der Waals surface area contributed by atoms with Crippen molar-refractivity contribution in [2.24, 2.45) is 0 Å². The zero-order valence-corrected chi connectivity index (χ0v) is 16.9. The van der Waals surface area contributed by atoms with Crippen LogP contribution in [0.25, 0.3) is 0 Å². The molecule has 0 aliphatic carbocycles. The molecule has 1 saturated heterocycles. The fourth-order valence-corrected chi connectivity index (χ4v) is 3.73. The Hall–Kier alpha value is -3.55. The number of hydrogen-bond donors (Lipinski definition) is 1. The Balaban J connectivity index is 1.43. The number of anilines is 1. The first-order valence-corrected chi connectivity index (χ1v) is 10.0. The molecule has 1 aliphatic heterocycles. The fraction of sp³-hybridized carbons (Fsp3) is 0.318. The predicted octanol–water partition coefficient (Wildman–Crippen LogP) is 1.79. The van der Waals surface area contributed by atoms with Crippen LogP contribution in [0.5, 0.6) is 0 Å². The summed E-state index contributed by atoms with van der Waals surface area (Å²) in [6.45, 7) is 3.73. The summed E-state index contributed by atoms with van der Waals surface area (Å²) in [4.78, 5) is 32.2. The Morgan fingerprint density at radius 3 is 2.67 bits per heavy atom. The number of pyridine rings is 2. The number of nitrogens with zero attached hydrogens (tertiary/aromatic N) is 5. The standard InChI is InChI=1S/C22H24N6O2/c1-16-6-11-28(15-17-4-2-9-23-14-17)22(30)20(16)21(29)25-18-7-12-27(13-8-18)19-5-3-10-24-26-19/h2-6,9-11,14,18H,7-8,12-13,15H2,1H3,(H,25,29). The highest BCUT2D eigenvalue weighted by atomic mass is 16.2. The van der Waals surface area contributed by atoms with Gasteiger partial charge in [0.15, 0.2) is 5.82 Å². The molecule has 0 aromatic carbocycles. The average Bonchev–Trinajstić information content (AvgIpc) is 2.78. The van der Waals surface area contributed by atoms with Gasteiger partial charge in [-0.2, -0.15) is 5.10 Å². The lowest BCUT2D eigenvalue weighted by Crippen LogP contribution is -2.46. The third-order valence-electron chi connectivity index (χ3n) is 5.39. The van der Waals surface area contributed by atoms with Gasteiger partial charge in [0.25, 0.3) is 11.5 Å². The van der Waals surface area contributed by atoms with E-state index < -0.39 is 0 Å². The van der Waals surface area contributed by atoms with E-state index in [1.807, 2.05) is 30.3 Å². The zero-order chi connectivity index (χ0) is 20.9. The molecule has 154 valence electrons. The summed E-state index contributed by atoms with van der Waals surface area (Å²) >= 11 is 0. The molecule has 1 N–H and O–H groups in total. The van der Waals surface area contributed by atoms with E-state index in [-0.39, 0.29) is 23.1 Å². The topological polar surface area (TPSA) is 93.0 Å². The van der Waals surface area contributed by atoms with Crippen LogP contribution in [-0.4, -0.2) is 44.8 Å². The second-order valence-corrected chi connectivity index (χ2v) is 7.48. The monoisotopic (exact) mass is 404 g/mol. The van der Waals surface area contributed by atoms with Gasteiger partial charge < -0.3 is 14.8 Å². The number of carbonyl (C=O) groups excluding carboxylic acids is 1. The minimum Gasteiger partial charge on any atom is -0.355 e. The highest BCUT2D eigenvalue weighted by Crippen LogP contribution is 2.17. The number of amides is 1. The van der Waals surface area contributed by atoms with Crippen LogP contribution in [-0.2, 0) is 6.54 Å². The molecular formula is C22H24N6O2. The van der Waals surface area contributed by atoms with Gasteiger partial charge in [-0.3, -0.25) is 14.6 Å². The van der Waals surface area contributed by atoms with E-state index in [4.69, 9.17) is 0 Å². The Morgan fingerprint density at radius 1 is 1.17 bits per heavy atom. The predicted molar refractivity (Wildman–Crippen MR) is 114 cm³/mol. The third kappa shape index (κ3) is 4.37. The van der Waals surface area contributed by atoms with Gasteiger partial charge in [-0.15, -0.1) is 5.10 Å². The molecule has 30 heavy (non-hydrogen) atoms. The van der Waals surface area contributed by atoms with Crippen LogP contribution in [0, 0.1) is 6.92 Å². The lowest BCUT2D eigenvalue weighted by Gasteiger charge is -2.32. The fourth-order valence-electron chi connectivity index (χ4n) is 3.73. The molecule has 3 aromatic rings. The average molecular weight is 404 g/mol. The van der Waals surface area contributed by atoms with E-state index in [0.29, 0.717) is 12.1 Å². The number of rotatable bonds is 5. The number of hydrogen-bond acceptors (Lipinski definition) is 6. The Morgan fingerprint density at radius 2 is 1.97 bits per heavy atom. The smallest absolute Gasteiger partial charge is 0.263 e.